The SMILES string of the molecule is C=CC12CCC[C@]13CCC(C)[C@H]2CC[C@@](C)(C=C)[C@@H](OC(C)=O)[C@@H]3C. The van der Waals surface area contributed by atoms with Crippen LogP contribution in [0.4, 0.5) is 0 Å². The predicted molar refractivity (Wildman–Crippen MR) is 103 cm³/mol. The third-order valence-corrected chi connectivity index (χ3v) is 8.63. The van der Waals surface area contributed by atoms with Gasteiger partial charge in [0.1, 0.15) is 6.10 Å². The van der Waals surface area contributed by atoms with Gasteiger partial charge in [-0.2, -0.15) is 0 Å². The van der Waals surface area contributed by atoms with Gasteiger partial charge >= 0.3 is 5.97 Å². The van der Waals surface area contributed by atoms with Gasteiger partial charge in [-0.1, -0.05) is 39.3 Å². The molecule has 2 nitrogen and oxygen atoms in total. The Morgan fingerprint density at radius 3 is 2.40 bits per heavy atom. The third kappa shape index (κ3) is 2.46. The van der Waals surface area contributed by atoms with Crippen molar-refractivity contribution >= 4 is 5.97 Å². The summed E-state index contributed by atoms with van der Waals surface area (Å²) in [5, 5.41) is 0. The van der Waals surface area contributed by atoms with Crippen LogP contribution in [-0.2, 0) is 9.53 Å². The van der Waals surface area contributed by atoms with E-state index in [9.17, 15) is 4.79 Å². The summed E-state index contributed by atoms with van der Waals surface area (Å²) >= 11 is 0. The second kappa shape index (κ2) is 6.28. The van der Waals surface area contributed by atoms with E-state index >= 15 is 0 Å². The van der Waals surface area contributed by atoms with E-state index in [4.69, 9.17) is 4.74 Å². The van der Waals surface area contributed by atoms with Crippen molar-refractivity contribution < 1.29 is 9.53 Å². The van der Waals surface area contributed by atoms with Crippen molar-refractivity contribution in [3.8, 4) is 0 Å². The molecular weight excluding hydrogens is 308 g/mol. The van der Waals surface area contributed by atoms with Gasteiger partial charge in [-0.05, 0) is 61.2 Å². The first-order valence-corrected chi connectivity index (χ1v) is 10.2. The molecule has 140 valence electrons. The van der Waals surface area contributed by atoms with Crippen LogP contribution in [0.5, 0.6) is 0 Å². The zero-order valence-corrected chi connectivity index (χ0v) is 16.6. The lowest BCUT2D eigenvalue weighted by Crippen LogP contribution is -2.58. The summed E-state index contributed by atoms with van der Waals surface area (Å²) in [7, 11) is 0. The maximum atomic E-state index is 11.9. The van der Waals surface area contributed by atoms with Gasteiger partial charge in [0.15, 0.2) is 0 Å². The molecule has 3 saturated carbocycles. The number of ether oxygens (including phenoxy) is 1. The molecule has 0 amide bonds. The normalized spacial score (nSPS) is 49.4. The molecule has 3 rings (SSSR count). The van der Waals surface area contributed by atoms with Crippen LogP contribution in [-0.4, -0.2) is 12.1 Å². The second-order valence-electron chi connectivity index (χ2n) is 9.44. The highest BCUT2D eigenvalue weighted by Gasteiger charge is 2.65. The highest BCUT2D eigenvalue weighted by molar-refractivity contribution is 5.66. The van der Waals surface area contributed by atoms with Crippen molar-refractivity contribution in [3.05, 3.63) is 25.3 Å². The molecule has 0 heterocycles. The fraction of sp³-hybridized carbons (Fsp3) is 0.783. The number of carbonyl (C=O) groups excluding carboxylic acids is 1. The number of carbonyl (C=O) groups is 1. The van der Waals surface area contributed by atoms with E-state index in [-0.39, 0.29) is 28.3 Å². The Bertz CT molecular complexity index is 566. The average Bonchev–Trinajstić information content (AvgIpc) is 2.97. The molecule has 0 aromatic rings. The lowest BCUT2D eigenvalue weighted by Gasteiger charge is -2.62. The van der Waals surface area contributed by atoms with Gasteiger partial charge in [-0.25, -0.2) is 0 Å². The number of allylic oxidation sites excluding steroid dienone is 1. The Balaban J connectivity index is 2.15. The van der Waals surface area contributed by atoms with E-state index in [2.05, 4.69) is 46.1 Å². The van der Waals surface area contributed by atoms with E-state index in [0.29, 0.717) is 11.8 Å². The average molecular weight is 345 g/mol. The van der Waals surface area contributed by atoms with Crippen molar-refractivity contribution in [1.29, 1.82) is 0 Å². The van der Waals surface area contributed by atoms with Crippen LogP contribution >= 0.6 is 0 Å². The number of hydrogen-bond donors (Lipinski definition) is 0. The van der Waals surface area contributed by atoms with E-state index in [1.165, 1.54) is 38.5 Å². The first kappa shape index (κ1) is 18.7. The van der Waals surface area contributed by atoms with Crippen molar-refractivity contribution in [2.24, 2.45) is 34.0 Å². The van der Waals surface area contributed by atoms with E-state index < -0.39 is 0 Å². The van der Waals surface area contributed by atoms with Crippen molar-refractivity contribution in [3.63, 3.8) is 0 Å². The van der Waals surface area contributed by atoms with Crippen LogP contribution in [0, 0.1) is 34.0 Å². The minimum absolute atomic E-state index is 0.0886. The molecule has 7 atom stereocenters. The minimum atomic E-state index is -0.162. The lowest BCUT2D eigenvalue weighted by molar-refractivity contribution is -0.178. The Morgan fingerprint density at radius 2 is 1.80 bits per heavy atom. The molecule has 0 spiro atoms. The molecule has 25 heavy (non-hydrogen) atoms. The van der Waals surface area contributed by atoms with Gasteiger partial charge in [0.2, 0.25) is 0 Å². The topological polar surface area (TPSA) is 26.3 Å². The molecule has 2 bridgehead atoms. The monoisotopic (exact) mass is 344 g/mol. The Morgan fingerprint density at radius 1 is 1.08 bits per heavy atom. The first-order chi connectivity index (χ1) is 11.8. The number of esters is 1. The molecule has 0 saturated heterocycles. The summed E-state index contributed by atoms with van der Waals surface area (Å²) in [5.41, 5.74) is 0.283. The Labute approximate surface area is 154 Å². The molecule has 0 aromatic carbocycles. The van der Waals surface area contributed by atoms with Crippen LogP contribution in [0.3, 0.4) is 0 Å². The maximum Gasteiger partial charge on any atom is 0.302 e. The molecule has 3 aliphatic rings. The van der Waals surface area contributed by atoms with E-state index in [1.807, 2.05) is 0 Å². The molecule has 0 aromatic heterocycles. The second-order valence-corrected chi connectivity index (χ2v) is 9.44. The van der Waals surface area contributed by atoms with Crippen molar-refractivity contribution in [2.75, 3.05) is 0 Å². The van der Waals surface area contributed by atoms with Crippen LogP contribution in [0.15, 0.2) is 25.3 Å². The van der Waals surface area contributed by atoms with Gasteiger partial charge in [0.25, 0.3) is 0 Å². The molecular formula is C23H36O2. The van der Waals surface area contributed by atoms with Crippen LogP contribution in [0.25, 0.3) is 0 Å². The van der Waals surface area contributed by atoms with Gasteiger partial charge in [0.05, 0.1) is 0 Å². The molecule has 0 radical (unpaired) electrons. The Kier molecular flexibility index (Phi) is 4.71. The highest BCUT2D eigenvalue weighted by atomic mass is 16.5. The molecule has 2 unspecified atom stereocenters. The minimum Gasteiger partial charge on any atom is -0.461 e. The zero-order valence-electron chi connectivity index (χ0n) is 16.6. The van der Waals surface area contributed by atoms with Crippen LogP contribution in [0.1, 0.15) is 72.6 Å². The fourth-order valence-electron chi connectivity index (χ4n) is 7.27. The van der Waals surface area contributed by atoms with Crippen molar-refractivity contribution in [1.82, 2.24) is 0 Å². The smallest absolute Gasteiger partial charge is 0.302 e. The largest absolute Gasteiger partial charge is 0.461 e. The summed E-state index contributed by atoms with van der Waals surface area (Å²) in [6.07, 6.45) is 12.8. The Hall–Kier alpha value is -1.05. The summed E-state index contributed by atoms with van der Waals surface area (Å²) in [6.45, 7) is 17.1. The lowest BCUT2D eigenvalue weighted by atomic mass is 9.43. The number of hydrogen-bond acceptors (Lipinski definition) is 2. The molecule has 3 fully saturated rings. The molecule has 2 heteroatoms. The molecule has 0 aliphatic heterocycles. The van der Waals surface area contributed by atoms with E-state index in [0.717, 1.165) is 12.3 Å². The first-order valence-electron chi connectivity index (χ1n) is 10.2. The predicted octanol–water partition coefficient (Wildman–Crippen LogP) is 5.93. The van der Waals surface area contributed by atoms with Gasteiger partial charge < -0.3 is 4.74 Å². The highest BCUT2D eigenvalue weighted by Crippen LogP contribution is 2.71. The summed E-state index contributed by atoms with van der Waals surface area (Å²) < 4.78 is 6.01. The summed E-state index contributed by atoms with van der Waals surface area (Å²) in [5.74, 6) is 1.61. The maximum absolute atomic E-state index is 11.9. The van der Waals surface area contributed by atoms with Gasteiger partial charge in [-0.3, -0.25) is 4.79 Å². The van der Waals surface area contributed by atoms with Crippen molar-refractivity contribution in [2.45, 2.75) is 78.7 Å². The standard InChI is InChI=1S/C23H36O2/c1-7-21(6)14-11-19-16(3)10-15-23(13-9-12-22(19,23)8-2)17(4)20(21)25-18(5)24/h7-8,16-17,19-20H,1-2,9-15H2,3-6H3/t16?,17-,19+,20-,21+,22?,23+/m0/s1. The number of rotatable bonds is 3. The summed E-state index contributed by atoms with van der Waals surface area (Å²) in [4.78, 5) is 11.9. The fourth-order valence-corrected chi connectivity index (χ4v) is 7.27. The van der Waals surface area contributed by atoms with Crippen LogP contribution in [0.2, 0.25) is 0 Å². The van der Waals surface area contributed by atoms with Gasteiger partial charge in [0, 0.05) is 18.3 Å². The third-order valence-electron chi connectivity index (χ3n) is 8.63. The van der Waals surface area contributed by atoms with E-state index in [1.54, 1.807) is 6.92 Å². The zero-order chi connectivity index (χ0) is 18.5. The molecule has 0 N–H and O–H groups in total. The quantitative estimate of drug-likeness (QED) is 0.468. The molecule has 3 aliphatic carbocycles. The summed E-state index contributed by atoms with van der Waals surface area (Å²) in [6, 6.07) is 0. The van der Waals surface area contributed by atoms with Gasteiger partial charge in [-0.15, -0.1) is 13.2 Å². The van der Waals surface area contributed by atoms with Crippen LogP contribution < -0.4 is 0 Å².